The van der Waals surface area contributed by atoms with Crippen molar-refractivity contribution in [3.05, 3.63) is 43.5 Å². The highest BCUT2D eigenvalue weighted by atomic mass is 32.2. The molecular weight excluding hydrogens is 342 g/mol. The molecule has 1 aliphatic rings. The van der Waals surface area contributed by atoms with Crippen LogP contribution in [-0.2, 0) is 9.84 Å². The molecule has 0 saturated carbocycles. The minimum atomic E-state index is -3.22. The standard InChI is InChI=1S/C13H15N3O7S/c1-8-11(15(18)19)5-9(6-12(8)16(20)21)13(17)14(2)10-3-4-24(22,23)7-10/h5-6,10H,3-4,7H2,1-2H3/t10-/m1/s1. The number of rotatable bonds is 4. The fourth-order valence-corrected chi connectivity index (χ4v) is 4.41. The molecule has 1 heterocycles. The van der Waals surface area contributed by atoms with Crippen LogP contribution in [0, 0.1) is 27.2 Å². The molecule has 1 fully saturated rings. The van der Waals surface area contributed by atoms with Gasteiger partial charge in [-0.2, -0.15) is 0 Å². The third-order valence-electron chi connectivity index (χ3n) is 4.07. The van der Waals surface area contributed by atoms with Crippen LogP contribution >= 0.6 is 0 Å². The number of carbonyl (C=O) groups excluding carboxylic acids is 1. The number of benzene rings is 1. The van der Waals surface area contributed by atoms with Gasteiger partial charge in [0.25, 0.3) is 17.3 Å². The number of sulfone groups is 1. The van der Waals surface area contributed by atoms with E-state index in [1.165, 1.54) is 18.9 Å². The van der Waals surface area contributed by atoms with Crippen LogP contribution in [0.1, 0.15) is 22.3 Å². The van der Waals surface area contributed by atoms with Crippen LogP contribution in [0.5, 0.6) is 0 Å². The number of carbonyl (C=O) groups is 1. The van der Waals surface area contributed by atoms with Gasteiger partial charge in [0.2, 0.25) is 0 Å². The largest absolute Gasteiger partial charge is 0.338 e. The van der Waals surface area contributed by atoms with Gasteiger partial charge in [-0.15, -0.1) is 0 Å². The van der Waals surface area contributed by atoms with Gasteiger partial charge in [0.1, 0.15) is 5.56 Å². The zero-order valence-electron chi connectivity index (χ0n) is 13.0. The summed E-state index contributed by atoms with van der Waals surface area (Å²) >= 11 is 0. The second-order valence-electron chi connectivity index (χ2n) is 5.63. The lowest BCUT2D eigenvalue weighted by Crippen LogP contribution is -2.37. The minimum absolute atomic E-state index is 0.0382. The van der Waals surface area contributed by atoms with E-state index >= 15 is 0 Å². The highest BCUT2D eigenvalue weighted by Gasteiger charge is 2.34. The van der Waals surface area contributed by atoms with E-state index in [-0.39, 0.29) is 29.1 Å². The molecule has 0 spiro atoms. The Kier molecular flexibility index (Phi) is 4.56. The van der Waals surface area contributed by atoms with Crippen LogP contribution in [-0.4, -0.2) is 53.7 Å². The summed E-state index contributed by atoms with van der Waals surface area (Å²) in [5, 5.41) is 22.1. The summed E-state index contributed by atoms with van der Waals surface area (Å²) < 4.78 is 23.0. The molecule has 0 aliphatic carbocycles. The van der Waals surface area contributed by atoms with E-state index in [0.717, 1.165) is 12.1 Å². The second kappa shape index (κ2) is 6.15. The van der Waals surface area contributed by atoms with Gasteiger partial charge in [-0.1, -0.05) is 0 Å². The number of nitro benzene ring substituents is 2. The predicted molar refractivity (Wildman–Crippen MR) is 83.6 cm³/mol. The zero-order chi connectivity index (χ0) is 18.2. The van der Waals surface area contributed by atoms with E-state index in [4.69, 9.17) is 0 Å². The van der Waals surface area contributed by atoms with Crippen LogP contribution in [0.15, 0.2) is 12.1 Å². The number of hydrogen-bond acceptors (Lipinski definition) is 7. The average molecular weight is 357 g/mol. The maximum Gasteiger partial charge on any atom is 0.279 e. The topological polar surface area (TPSA) is 141 Å². The Morgan fingerprint density at radius 1 is 1.21 bits per heavy atom. The molecule has 130 valence electrons. The molecule has 24 heavy (non-hydrogen) atoms. The summed E-state index contributed by atoms with van der Waals surface area (Å²) in [6.07, 6.45) is 0.265. The lowest BCUT2D eigenvalue weighted by Gasteiger charge is -2.23. The van der Waals surface area contributed by atoms with Crippen molar-refractivity contribution < 1.29 is 23.1 Å². The Morgan fingerprint density at radius 3 is 2.08 bits per heavy atom. The average Bonchev–Trinajstić information content (AvgIpc) is 2.85. The molecule has 0 radical (unpaired) electrons. The molecule has 11 heteroatoms. The third kappa shape index (κ3) is 3.35. The molecule has 2 rings (SSSR count). The molecule has 10 nitrogen and oxygen atoms in total. The fourth-order valence-electron chi connectivity index (χ4n) is 2.64. The maximum absolute atomic E-state index is 12.5. The maximum atomic E-state index is 12.5. The summed E-state index contributed by atoms with van der Waals surface area (Å²) in [6, 6.07) is 1.40. The van der Waals surface area contributed by atoms with Crippen LogP contribution in [0.4, 0.5) is 11.4 Å². The number of nitrogens with zero attached hydrogens (tertiary/aromatic N) is 3. The highest BCUT2D eigenvalue weighted by molar-refractivity contribution is 7.91. The highest BCUT2D eigenvalue weighted by Crippen LogP contribution is 2.30. The fraction of sp³-hybridized carbons (Fsp3) is 0.462. The van der Waals surface area contributed by atoms with Gasteiger partial charge in [0.05, 0.1) is 26.9 Å². The summed E-state index contributed by atoms with van der Waals surface area (Å²) in [7, 11) is -1.84. The Morgan fingerprint density at radius 2 is 1.71 bits per heavy atom. The monoisotopic (exact) mass is 357 g/mol. The first kappa shape index (κ1) is 17.8. The summed E-state index contributed by atoms with van der Waals surface area (Å²) in [6.45, 7) is 1.23. The van der Waals surface area contributed by atoms with E-state index in [1.54, 1.807) is 0 Å². The van der Waals surface area contributed by atoms with Gasteiger partial charge < -0.3 is 4.90 Å². The van der Waals surface area contributed by atoms with Crippen LogP contribution in [0.25, 0.3) is 0 Å². The van der Waals surface area contributed by atoms with Crippen LogP contribution < -0.4 is 0 Å². The number of amides is 1. The minimum Gasteiger partial charge on any atom is -0.338 e. The first-order chi connectivity index (χ1) is 11.0. The summed E-state index contributed by atoms with van der Waals surface area (Å²) in [5.74, 6) is -0.919. The van der Waals surface area contributed by atoms with Crippen molar-refractivity contribution in [1.29, 1.82) is 0 Å². The molecule has 1 amide bonds. The molecule has 0 unspecified atom stereocenters. The van der Waals surface area contributed by atoms with Crippen LogP contribution in [0.3, 0.4) is 0 Å². The second-order valence-corrected chi connectivity index (χ2v) is 7.86. The van der Waals surface area contributed by atoms with Crippen molar-refractivity contribution in [2.75, 3.05) is 18.6 Å². The van der Waals surface area contributed by atoms with Gasteiger partial charge in [0, 0.05) is 25.2 Å². The van der Waals surface area contributed by atoms with E-state index < -0.39 is 43.0 Å². The van der Waals surface area contributed by atoms with Gasteiger partial charge >= 0.3 is 0 Å². The van der Waals surface area contributed by atoms with Gasteiger partial charge in [-0.3, -0.25) is 25.0 Å². The van der Waals surface area contributed by atoms with Crippen LogP contribution in [0.2, 0.25) is 0 Å². The van der Waals surface area contributed by atoms with Crippen molar-refractivity contribution in [2.24, 2.45) is 0 Å². The van der Waals surface area contributed by atoms with Crippen molar-refractivity contribution in [3.8, 4) is 0 Å². The molecule has 1 aromatic carbocycles. The first-order valence-electron chi connectivity index (χ1n) is 6.94. The van der Waals surface area contributed by atoms with Gasteiger partial charge in [-0.25, -0.2) is 8.42 Å². The quantitative estimate of drug-likeness (QED) is 0.579. The third-order valence-corrected chi connectivity index (χ3v) is 5.82. The van der Waals surface area contributed by atoms with E-state index in [1.807, 2.05) is 0 Å². The molecule has 1 aliphatic heterocycles. The van der Waals surface area contributed by atoms with E-state index in [0.29, 0.717) is 0 Å². The Balaban J connectivity index is 2.42. The lowest BCUT2D eigenvalue weighted by molar-refractivity contribution is -0.395. The summed E-state index contributed by atoms with van der Waals surface area (Å²) in [4.78, 5) is 34.2. The van der Waals surface area contributed by atoms with E-state index in [9.17, 15) is 33.4 Å². The molecular formula is C13H15N3O7S. The first-order valence-corrected chi connectivity index (χ1v) is 8.76. The molecule has 0 bridgehead atoms. The van der Waals surface area contributed by atoms with Crippen molar-refractivity contribution in [1.82, 2.24) is 4.90 Å². The Labute approximate surface area is 137 Å². The molecule has 1 aromatic rings. The van der Waals surface area contributed by atoms with Crippen molar-refractivity contribution in [2.45, 2.75) is 19.4 Å². The smallest absolute Gasteiger partial charge is 0.279 e. The Hall–Kier alpha value is -2.56. The lowest BCUT2D eigenvalue weighted by atomic mass is 10.1. The van der Waals surface area contributed by atoms with Gasteiger partial charge in [-0.05, 0) is 13.3 Å². The normalized spacial score (nSPS) is 19.0. The molecule has 0 aromatic heterocycles. The number of nitro groups is 2. The van der Waals surface area contributed by atoms with E-state index in [2.05, 4.69) is 0 Å². The van der Waals surface area contributed by atoms with Crippen molar-refractivity contribution >= 4 is 27.1 Å². The zero-order valence-corrected chi connectivity index (χ0v) is 13.8. The van der Waals surface area contributed by atoms with Gasteiger partial charge in [0.15, 0.2) is 9.84 Å². The summed E-state index contributed by atoms with van der Waals surface area (Å²) in [5.41, 5.74) is -1.42. The Bertz CT molecular complexity index is 799. The molecule has 1 atom stereocenters. The predicted octanol–water partition coefficient (Wildman–Crippen LogP) is 1.07. The molecule has 1 saturated heterocycles. The number of hydrogen-bond donors (Lipinski definition) is 0. The SMILES string of the molecule is Cc1c([N+](=O)[O-])cc(C(=O)N(C)[C@@H]2CCS(=O)(=O)C2)cc1[N+](=O)[O-]. The van der Waals surface area contributed by atoms with Crippen molar-refractivity contribution in [3.63, 3.8) is 0 Å². The molecule has 0 N–H and O–H groups in total.